The minimum absolute atomic E-state index is 0.214. The van der Waals surface area contributed by atoms with Crippen molar-refractivity contribution in [1.29, 1.82) is 0 Å². The molecule has 7 heteroatoms. The van der Waals surface area contributed by atoms with E-state index >= 15 is 0 Å². The van der Waals surface area contributed by atoms with Crippen molar-refractivity contribution < 1.29 is 19.1 Å². The topological polar surface area (TPSA) is 96.5 Å². The predicted molar refractivity (Wildman–Crippen MR) is 103 cm³/mol. The molecule has 0 bridgehead atoms. The van der Waals surface area contributed by atoms with Crippen molar-refractivity contribution in [3.63, 3.8) is 0 Å². The molecule has 0 heterocycles. The van der Waals surface area contributed by atoms with Crippen LogP contribution in [0.2, 0.25) is 0 Å². The van der Waals surface area contributed by atoms with Crippen LogP contribution in [-0.2, 0) is 4.79 Å². The van der Waals surface area contributed by atoms with Gasteiger partial charge < -0.3 is 15.4 Å². The Bertz CT molecular complexity index is 796. The first kappa shape index (κ1) is 20.0. The molecule has 0 unspecified atom stereocenters. The Morgan fingerprint density at radius 3 is 2.15 bits per heavy atom. The van der Waals surface area contributed by atoms with Crippen molar-refractivity contribution in [2.45, 2.75) is 26.3 Å². The first-order chi connectivity index (χ1) is 12.7. The number of imide groups is 1. The van der Waals surface area contributed by atoms with Crippen LogP contribution in [0.3, 0.4) is 0 Å². The van der Waals surface area contributed by atoms with Crippen molar-refractivity contribution in [3.05, 3.63) is 60.2 Å². The molecule has 0 atom stereocenters. The highest BCUT2D eigenvalue weighted by Gasteiger charge is 2.15. The van der Waals surface area contributed by atoms with E-state index in [0.29, 0.717) is 17.0 Å². The molecule has 0 saturated carbocycles. The number of amides is 4. The molecule has 2 rings (SSSR count). The van der Waals surface area contributed by atoms with E-state index in [0.717, 1.165) is 0 Å². The second-order valence-corrected chi connectivity index (χ2v) is 6.89. The summed E-state index contributed by atoms with van der Waals surface area (Å²) in [7, 11) is 0. The second-order valence-electron chi connectivity index (χ2n) is 6.89. The van der Waals surface area contributed by atoms with Crippen molar-refractivity contribution in [2.24, 2.45) is 0 Å². The molecule has 0 fully saturated rings. The number of ether oxygens (including phenoxy) is 1. The molecule has 7 nitrogen and oxygen atoms in total. The van der Waals surface area contributed by atoms with Crippen molar-refractivity contribution >= 4 is 23.5 Å². The number of carbonyl (C=O) groups is 3. The first-order valence-corrected chi connectivity index (χ1v) is 8.44. The molecular formula is C20H23N3O4. The fourth-order valence-corrected chi connectivity index (χ4v) is 2.11. The maximum absolute atomic E-state index is 12.1. The van der Waals surface area contributed by atoms with Crippen LogP contribution in [0.5, 0.6) is 5.75 Å². The molecule has 27 heavy (non-hydrogen) atoms. The van der Waals surface area contributed by atoms with E-state index in [-0.39, 0.29) is 12.5 Å². The van der Waals surface area contributed by atoms with Gasteiger partial charge >= 0.3 is 6.03 Å². The summed E-state index contributed by atoms with van der Waals surface area (Å²) in [6.07, 6.45) is 0. The monoisotopic (exact) mass is 369 g/mol. The fourth-order valence-electron chi connectivity index (χ4n) is 2.11. The Morgan fingerprint density at radius 1 is 0.926 bits per heavy atom. The Morgan fingerprint density at radius 2 is 1.56 bits per heavy atom. The summed E-state index contributed by atoms with van der Waals surface area (Å²) in [5, 5.41) is 7.58. The maximum Gasteiger partial charge on any atom is 0.321 e. The van der Waals surface area contributed by atoms with Crippen LogP contribution in [0.15, 0.2) is 54.6 Å². The van der Waals surface area contributed by atoms with Gasteiger partial charge in [0, 0.05) is 16.8 Å². The van der Waals surface area contributed by atoms with Crippen LogP contribution in [0, 0.1) is 0 Å². The highest BCUT2D eigenvalue weighted by atomic mass is 16.5. The predicted octanol–water partition coefficient (Wildman–Crippen LogP) is 2.94. The van der Waals surface area contributed by atoms with Gasteiger partial charge in [-0.15, -0.1) is 0 Å². The Balaban J connectivity index is 1.81. The zero-order chi connectivity index (χ0) is 19.9. The van der Waals surface area contributed by atoms with Gasteiger partial charge in [0.1, 0.15) is 5.75 Å². The molecule has 2 aromatic rings. The first-order valence-electron chi connectivity index (χ1n) is 8.44. The van der Waals surface area contributed by atoms with E-state index in [2.05, 4.69) is 16.0 Å². The third kappa shape index (κ3) is 7.19. The molecule has 0 aliphatic rings. The van der Waals surface area contributed by atoms with Crippen LogP contribution in [-0.4, -0.2) is 30.0 Å². The van der Waals surface area contributed by atoms with Gasteiger partial charge in [0.2, 0.25) is 0 Å². The molecule has 0 spiro atoms. The van der Waals surface area contributed by atoms with E-state index in [4.69, 9.17) is 4.74 Å². The van der Waals surface area contributed by atoms with Gasteiger partial charge in [-0.1, -0.05) is 18.2 Å². The molecule has 0 aliphatic carbocycles. The third-order valence-electron chi connectivity index (χ3n) is 3.26. The lowest BCUT2D eigenvalue weighted by atomic mass is 10.1. The summed E-state index contributed by atoms with van der Waals surface area (Å²) in [4.78, 5) is 35.4. The van der Waals surface area contributed by atoms with Crippen LogP contribution in [0.1, 0.15) is 31.1 Å². The largest absolute Gasteiger partial charge is 0.484 e. The highest BCUT2D eigenvalue weighted by Crippen LogP contribution is 2.16. The average Bonchev–Trinajstić information content (AvgIpc) is 2.60. The van der Waals surface area contributed by atoms with E-state index < -0.39 is 17.5 Å². The van der Waals surface area contributed by atoms with Crippen LogP contribution in [0.4, 0.5) is 10.5 Å². The quantitative estimate of drug-likeness (QED) is 0.755. The minimum atomic E-state index is -0.574. The van der Waals surface area contributed by atoms with Gasteiger partial charge in [-0.3, -0.25) is 14.9 Å². The molecule has 0 saturated heterocycles. The Kier molecular flexibility index (Phi) is 6.54. The highest BCUT2D eigenvalue weighted by molar-refractivity contribution is 6.04. The van der Waals surface area contributed by atoms with Gasteiger partial charge in [-0.25, -0.2) is 4.79 Å². The zero-order valence-corrected chi connectivity index (χ0v) is 15.5. The third-order valence-corrected chi connectivity index (χ3v) is 3.26. The van der Waals surface area contributed by atoms with Crippen molar-refractivity contribution in [1.82, 2.24) is 10.6 Å². The van der Waals surface area contributed by atoms with Gasteiger partial charge in [-0.2, -0.15) is 0 Å². The van der Waals surface area contributed by atoms with E-state index in [1.54, 1.807) is 48.5 Å². The number of benzene rings is 2. The molecule has 2 aromatic carbocycles. The number of hydrogen-bond donors (Lipinski definition) is 3. The number of carbonyl (C=O) groups excluding carboxylic acids is 3. The Labute approximate surface area is 158 Å². The lowest BCUT2D eigenvalue weighted by molar-refractivity contribution is -0.122. The summed E-state index contributed by atoms with van der Waals surface area (Å²) in [5.41, 5.74) is 0.721. The second kappa shape index (κ2) is 8.84. The lowest BCUT2D eigenvalue weighted by Crippen LogP contribution is -2.49. The Hall–Kier alpha value is -3.35. The summed E-state index contributed by atoms with van der Waals surface area (Å²) in [6, 6.07) is 14.9. The maximum atomic E-state index is 12.1. The molecule has 142 valence electrons. The molecule has 0 aliphatic heterocycles. The number of nitrogens with one attached hydrogen (secondary N) is 3. The summed E-state index contributed by atoms with van der Waals surface area (Å²) in [5.74, 6) is -0.328. The van der Waals surface area contributed by atoms with Gasteiger partial charge in [0.05, 0.1) is 0 Å². The summed E-state index contributed by atoms with van der Waals surface area (Å²) < 4.78 is 5.34. The molecule has 0 aromatic heterocycles. The van der Waals surface area contributed by atoms with E-state index in [9.17, 15) is 14.4 Å². The number of rotatable bonds is 5. The van der Waals surface area contributed by atoms with E-state index in [1.807, 2.05) is 26.8 Å². The standard InChI is InChI=1S/C20H23N3O4/c1-20(2,3)23-19(26)22-17(24)13-27-16-11-9-15(10-12-16)21-18(25)14-7-5-4-6-8-14/h4-12H,13H2,1-3H3,(H,21,25)(H2,22,23,24,26). The van der Waals surface area contributed by atoms with Gasteiger partial charge in [-0.05, 0) is 57.2 Å². The van der Waals surface area contributed by atoms with E-state index in [1.165, 1.54) is 0 Å². The number of anilines is 1. The van der Waals surface area contributed by atoms with Gasteiger partial charge in [0.15, 0.2) is 6.61 Å². The number of urea groups is 1. The van der Waals surface area contributed by atoms with Crippen LogP contribution >= 0.6 is 0 Å². The summed E-state index contributed by atoms with van der Waals surface area (Å²) in [6.45, 7) is 5.14. The molecule has 4 amide bonds. The average molecular weight is 369 g/mol. The van der Waals surface area contributed by atoms with Crippen molar-refractivity contribution in [3.8, 4) is 5.75 Å². The molecule has 0 radical (unpaired) electrons. The van der Waals surface area contributed by atoms with Crippen molar-refractivity contribution in [2.75, 3.05) is 11.9 Å². The van der Waals surface area contributed by atoms with Gasteiger partial charge in [0.25, 0.3) is 11.8 Å². The fraction of sp³-hybridized carbons (Fsp3) is 0.250. The SMILES string of the molecule is CC(C)(C)NC(=O)NC(=O)COc1ccc(NC(=O)c2ccccc2)cc1. The molecule has 3 N–H and O–H groups in total. The minimum Gasteiger partial charge on any atom is -0.484 e. The van der Waals surface area contributed by atoms with Crippen LogP contribution < -0.4 is 20.7 Å². The molecular weight excluding hydrogens is 346 g/mol. The normalized spacial score (nSPS) is 10.6. The lowest BCUT2D eigenvalue weighted by Gasteiger charge is -2.20. The number of hydrogen-bond acceptors (Lipinski definition) is 4. The van der Waals surface area contributed by atoms with Crippen LogP contribution in [0.25, 0.3) is 0 Å². The smallest absolute Gasteiger partial charge is 0.321 e. The summed E-state index contributed by atoms with van der Waals surface area (Å²) >= 11 is 0. The zero-order valence-electron chi connectivity index (χ0n) is 15.5.